The van der Waals surface area contributed by atoms with Crippen molar-refractivity contribution >= 4 is 0 Å². The molecule has 0 saturated heterocycles. The van der Waals surface area contributed by atoms with Crippen LogP contribution in [0, 0.1) is 5.92 Å². The van der Waals surface area contributed by atoms with Crippen LogP contribution in [0.2, 0.25) is 0 Å². The molecular weight excluding hydrogens is 258 g/mol. The highest BCUT2D eigenvalue weighted by atomic mass is 16.5. The largest absolute Gasteiger partial charge is 0.492 e. The van der Waals surface area contributed by atoms with Crippen molar-refractivity contribution in [1.82, 2.24) is 5.32 Å². The molecule has 0 amide bonds. The number of rotatable bonds is 7. The van der Waals surface area contributed by atoms with Crippen LogP contribution in [-0.2, 0) is 0 Å². The van der Waals surface area contributed by atoms with Crippen LogP contribution in [0.25, 0.3) is 0 Å². The lowest BCUT2D eigenvalue weighted by Gasteiger charge is -2.27. The Kier molecular flexibility index (Phi) is 6.56. The maximum Gasteiger partial charge on any atom is 0.119 e. The van der Waals surface area contributed by atoms with E-state index in [1.807, 2.05) is 0 Å². The second-order valence-electron chi connectivity index (χ2n) is 6.64. The summed E-state index contributed by atoms with van der Waals surface area (Å²) in [5, 5.41) is 3.63. The predicted octanol–water partition coefficient (Wildman–Crippen LogP) is 4.75. The second-order valence-corrected chi connectivity index (χ2v) is 6.64. The lowest BCUT2D eigenvalue weighted by Crippen LogP contribution is -2.35. The summed E-state index contributed by atoms with van der Waals surface area (Å²) in [6, 6.07) is 9.30. The predicted molar refractivity (Wildman–Crippen MR) is 90.1 cm³/mol. The summed E-state index contributed by atoms with van der Waals surface area (Å²) in [5.41, 5.74) is 1.40. The summed E-state index contributed by atoms with van der Waals surface area (Å²) in [6.07, 6.45) is 6.57. The first kappa shape index (κ1) is 16.4. The summed E-state index contributed by atoms with van der Waals surface area (Å²) < 4.78 is 5.82. The van der Waals surface area contributed by atoms with Crippen LogP contribution in [-0.4, -0.2) is 19.2 Å². The Morgan fingerprint density at radius 2 is 1.81 bits per heavy atom. The highest BCUT2D eigenvalue weighted by Crippen LogP contribution is 2.23. The molecule has 2 heteroatoms. The van der Waals surface area contributed by atoms with E-state index in [-0.39, 0.29) is 0 Å². The summed E-state index contributed by atoms with van der Waals surface area (Å²) in [7, 11) is 0. The Morgan fingerprint density at radius 3 is 2.43 bits per heavy atom. The van der Waals surface area contributed by atoms with E-state index in [4.69, 9.17) is 4.74 Å². The minimum atomic E-state index is 0.634. The van der Waals surface area contributed by atoms with Gasteiger partial charge in [-0.15, -0.1) is 0 Å². The first-order valence-corrected chi connectivity index (χ1v) is 8.65. The third kappa shape index (κ3) is 5.35. The third-order valence-corrected chi connectivity index (χ3v) is 4.88. The van der Waals surface area contributed by atoms with Crippen molar-refractivity contribution < 1.29 is 4.74 Å². The van der Waals surface area contributed by atoms with Crippen LogP contribution in [0.4, 0.5) is 0 Å². The van der Waals surface area contributed by atoms with Crippen molar-refractivity contribution in [2.24, 2.45) is 5.92 Å². The molecule has 0 radical (unpaired) electrons. The average molecular weight is 289 g/mol. The van der Waals surface area contributed by atoms with Gasteiger partial charge in [0.15, 0.2) is 0 Å². The van der Waals surface area contributed by atoms with Crippen LogP contribution < -0.4 is 10.1 Å². The molecule has 1 aliphatic carbocycles. The van der Waals surface area contributed by atoms with E-state index in [0.29, 0.717) is 12.0 Å². The van der Waals surface area contributed by atoms with E-state index in [1.165, 1.54) is 37.7 Å². The average Bonchev–Trinajstić information content (AvgIpc) is 2.53. The molecular formula is C19H31NO. The highest BCUT2D eigenvalue weighted by molar-refractivity contribution is 5.29. The molecule has 1 aliphatic rings. The molecule has 118 valence electrons. The molecule has 1 fully saturated rings. The Balaban J connectivity index is 1.64. The lowest BCUT2D eigenvalue weighted by molar-refractivity contribution is 0.270. The zero-order valence-electron chi connectivity index (χ0n) is 13.9. The number of hydrogen-bond donors (Lipinski definition) is 1. The molecule has 0 heterocycles. The summed E-state index contributed by atoms with van der Waals surface area (Å²) in [5.74, 6) is 2.54. The lowest BCUT2D eigenvalue weighted by atomic mass is 9.87. The third-order valence-electron chi connectivity index (χ3n) is 4.88. The van der Waals surface area contributed by atoms with Crippen LogP contribution >= 0.6 is 0 Å². The van der Waals surface area contributed by atoms with Crippen LogP contribution in [0.1, 0.15) is 64.4 Å². The van der Waals surface area contributed by atoms with Crippen LogP contribution in [0.5, 0.6) is 5.75 Å². The molecule has 1 aromatic rings. The minimum absolute atomic E-state index is 0.634. The summed E-state index contributed by atoms with van der Waals surface area (Å²) >= 11 is 0. The van der Waals surface area contributed by atoms with Crippen molar-refractivity contribution in [2.45, 2.75) is 64.8 Å². The zero-order valence-corrected chi connectivity index (χ0v) is 13.9. The Morgan fingerprint density at radius 1 is 1.14 bits per heavy atom. The van der Waals surface area contributed by atoms with Gasteiger partial charge >= 0.3 is 0 Å². The molecule has 0 bridgehead atoms. The molecule has 1 atom stereocenters. The van der Waals surface area contributed by atoms with E-state index in [2.05, 4.69) is 50.4 Å². The van der Waals surface area contributed by atoms with Crippen molar-refractivity contribution in [1.29, 1.82) is 0 Å². The fourth-order valence-corrected chi connectivity index (χ4v) is 3.02. The standard InChI is InChI=1S/C19H31NO/c1-4-16(3)17-7-11-19(12-8-17)21-14-13-20-18-9-5-15(2)6-10-18/h7-8,11-12,15-16,18,20H,4-6,9-10,13-14H2,1-3H3. The topological polar surface area (TPSA) is 21.3 Å². The monoisotopic (exact) mass is 289 g/mol. The molecule has 2 rings (SSSR count). The summed E-state index contributed by atoms with van der Waals surface area (Å²) in [4.78, 5) is 0. The van der Waals surface area contributed by atoms with Crippen molar-refractivity contribution in [3.63, 3.8) is 0 Å². The van der Waals surface area contributed by atoms with Crippen molar-refractivity contribution in [3.05, 3.63) is 29.8 Å². The molecule has 1 aromatic carbocycles. The normalized spacial score (nSPS) is 23.8. The molecule has 2 nitrogen and oxygen atoms in total. The number of nitrogens with one attached hydrogen (secondary N) is 1. The smallest absolute Gasteiger partial charge is 0.119 e. The van der Waals surface area contributed by atoms with E-state index < -0.39 is 0 Å². The van der Waals surface area contributed by atoms with Gasteiger partial charge in [-0.2, -0.15) is 0 Å². The minimum Gasteiger partial charge on any atom is -0.492 e. The van der Waals surface area contributed by atoms with Gasteiger partial charge in [0.05, 0.1) is 0 Å². The van der Waals surface area contributed by atoms with Crippen LogP contribution in [0.3, 0.4) is 0 Å². The molecule has 1 unspecified atom stereocenters. The van der Waals surface area contributed by atoms with Gasteiger partial charge in [0.2, 0.25) is 0 Å². The van der Waals surface area contributed by atoms with E-state index in [9.17, 15) is 0 Å². The highest BCUT2D eigenvalue weighted by Gasteiger charge is 2.17. The van der Waals surface area contributed by atoms with E-state index in [0.717, 1.165) is 24.8 Å². The van der Waals surface area contributed by atoms with Gasteiger partial charge < -0.3 is 10.1 Å². The summed E-state index contributed by atoms with van der Waals surface area (Å²) in [6.45, 7) is 8.57. The van der Waals surface area contributed by atoms with Gasteiger partial charge in [-0.1, -0.05) is 32.9 Å². The van der Waals surface area contributed by atoms with E-state index >= 15 is 0 Å². The molecule has 0 aliphatic heterocycles. The molecule has 21 heavy (non-hydrogen) atoms. The molecule has 1 saturated carbocycles. The Hall–Kier alpha value is -1.02. The first-order valence-electron chi connectivity index (χ1n) is 8.65. The van der Waals surface area contributed by atoms with Gasteiger partial charge in [0.1, 0.15) is 12.4 Å². The molecule has 1 N–H and O–H groups in total. The van der Waals surface area contributed by atoms with Gasteiger partial charge in [-0.3, -0.25) is 0 Å². The Labute approximate surface area is 130 Å². The van der Waals surface area contributed by atoms with Gasteiger partial charge in [-0.05, 0) is 61.6 Å². The Bertz CT molecular complexity index is 393. The van der Waals surface area contributed by atoms with Crippen molar-refractivity contribution in [3.8, 4) is 5.75 Å². The maximum absolute atomic E-state index is 5.82. The zero-order chi connectivity index (χ0) is 15.1. The fourth-order valence-electron chi connectivity index (χ4n) is 3.02. The molecule has 0 spiro atoms. The van der Waals surface area contributed by atoms with Gasteiger partial charge in [0, 0.05) is 12.6 Å². The van der Waals surface area contributed by atoms with Crippen molar-refractivity contribution in [2.75, 3.05) is 13.2 Å². The maximum atomic E-state index is 5.82. The number of ether oxygens (including phenoxy) is 1. The first-order chi connectivity index (χ1) is 10.2. The molecule has 0 aromatic heterocycles. The van der Waals surface area contributed by atoms with Gasteiger partial charge in [0.25, 0.3) is 0 Å². The number of hydrogen-bond acceptors (Lipinski definition) is 2. The fraction of sp³-hybridized carbons (Fsp3) is 0.684. The SMILES string of the molecule is CCC(C)c1ccc(OCCNC2CCC(C)CC2)cc1. The van der Waals surface area contributed by atoms with Gasteiger partial charge in [-0.25, -0.2) is 0 Å². The quantitative estimate of drug-likeness (QED) is 0.732. The van der Waals surface area contributed by atoms with E-state index in [1.54, 1.807) is 0 Å². The second kappa shape index (κ2) is 8.43. The number of benzene rings is 1. The van der Waals surface area contributed by atoms with Crippen LogP contribution in [0.15, 0.2) is 24.3 Å².